The lowest BCUT2D eigenvalue weighted by atomic mass is 10.3. The molecule has 0 aliphatic rings. The molecule has 0 atom stereocenters. The topological polar surface area (TPSA) is 72.6 Å². The molecule has 1 aromatic rings. The molecule has 1 rings (SSSR count). The van der Waals surface area contributed by atoms with E-state index in [-0.39, 0.29) is 24.1 Å². The fourth-order valence-electron chi connectivity index (χ4n) is 1.38. The second-order valence-electron chi connectivity index (χ2n) is 3.48. The first kappa shape index (κ1) is 13.2. The van der Waals surface area contributed by atoms with Crippen molar-refractivity contribution in [3.8, 4) is 0 Å². The fourth-order valence-corrected chi connectivity index (χ4v) is 1.38. The molecule has 1 amide bonds. The minimum atomic E-state index is -0.342. The standard InChI is InChI=1S/C11H16N2O4/c1-4-13(6-5-9(14)16-3)11(15)10-8(2)12-7-17-10/h7H,4-6H2,1-3H3. The Balaban J connectivity index is 2.65. The van der Waals surface area contributed by atoms with E-state index in [0.29, 0.717) is 18.8 Å². The number of ether oxygens (including phenoxy) is 1. The Morgan fingerprint density at radius 3 is 2.71 bits per heavy atom. The van der Waals surface area contributed by atoms with Gasteiger partial charge in [0.25, 0.3) is 5.91 Å². The van der Waals surface area contributed by atoms with Crippen LogP contribution in [0.1, 0.15) is 29.6 Å². The molecule has 0 spiro atoms. The number of aryl methyl sites for hydroxylation is 1. The van der Waals surface area contributed by atoms with Gasteiger partial charge in [-0.25, -0.2) is 4.98 Å². The molecule has 0 aromatic carbocycles. The monoisotopic (exact) mass is 240 g/mol. The van der Waals surface area contributed by atoms with Crippen LogP contribution in [0.5, 0.6) is 0 Å². The average molecular weight is 240 g/mol. The van der Waals surface area contributed by atoms with Gasteiger partial charge in [-0.2, -0.15) is 0 Å². The van der Waals surface area contributed by atoms with Crippen LogP contribution in [0.15, 0.2) is 10.8 Å². The van der Waals surface area contributed by atoms with Crippen LogP contribution in [-0.4, -0.2) is 42.0 Å². The molecule has 1 heterocycles. The quantitative estimate of drug-likeness (QED) is 0.718. The molecular formula is C11H16N2O4. The van der Waals surface area contributed by atoms with Gasteiger partial charge in [0.2, 0.25) is 5.76 Å². The van der Waals surface area contributed by atoms with Crippen LogP contribution in [0.4, 0.5) is 0 Å². The van der Waals surface area contributed by atoms with Gasteiger partial charge in [0.15, 0.2) is 6.39 Å². The van der Waals surface area contributed by atoms with E-state index in [1.807, 2.05) is 6.92 Å². The molecule has 0 aliphatic heterocycles. The highest BCUT2D eigenvalue weighted by atomic mass is 16.5. The van der Waals surface area contributed by atoms with Crippen LogP contribution >= 0.6 is 0 Å². The van der Waals surface area contributed by atoms with Crippen LogP contribution in [0.25, 0.3) is 0 Å². The lowest BCUT2D eigenvalue weighted by Crippen LogP contribution is -2.33. The number of hydrogen-bond donors (Lipinski definition) is 0. The zero-order chi connectivity index (χ0) is 12.8. The predicted molar refractivity (Wildman–Crippen MR) is 59.5 cm³/mol. The summed E-state index contributed by atoms with van der Waals surface area (Å²) in [5.41, 5.74) is 0.548. The summed E-state index contributed by atoms with van der Waals surface area (Å²) in [6.07, 6.45) is 1.40. The van der Waals surface area contributed by atoms with Gasteiger partial charge in [-0.05, 0) is 13.8 Å². The van der Waals surface area contributed by atoms with Gasteiger partial charge in [-0.3, -0.25) is 9.59 Å². The van der Waals surface area contributed by atoms with Crippen LogP contribution in [0.2, 0.25) is 0 Å². The Morgan fingerprint density at radius 1 is 1.53 bits per heavy atom. The molecular weight excluding hydrogens is 224 g/mol. The Labute approximate surface area is 99.6 Å². The van der Waals surface area contributed by atoms with Crippen LogP contribution in [0, 0.1) is 6.92 Å². The van der Waals surface area contributed by atoms with Gasteiger partial charge in [-0.15, -0.1) is 0 Å². The predicted octanol–water partition coefficient (Wildman–Crippen LogP) is 1.01. The molecule has 0 unspecified atom stereocenters. The summed E-state index contributed by atoms with van der Waals surface area (Å²) >= 11 is 0. The van der Waals surface area contributed by atoms with Gasteiger partial charge in [0.05, 0.1) is 19.2 Å². The molecule has 17 heavy (non-hydrogen) atoms. The second kappa shape index (κ2) is 6.03. The Hall–Kier alpha value is -1.85. The smallest absolute Gasteiger partial charge is 0.307 e. The van der Waals surface area contributed by atoms with Crippen LogP contribution in [0.3, 0.4) is 0 Å². The van der Waals surface area contributed by atoms with E-state index in [0.717, 1.165) is 0 Å². The number of aromatic nitrogens is 1. The number of rotatable bonds is 5. The molecule has 0 saturated heterocycles. The van der Waals surface area contributed by atoms with E-state index in [2.05, 4.69) is 9.72 Å². The Bertz CT molecular complexity index is 400. The summed E-state index contributed by atoms with van der Waals surface area (Å²) in [5.74, 6) is -0.381. The van der Waals surface area contributed by atoms with Crippen molar-refractivity contribution in [3.05, 3.63) is 17.8 Å². The van der Waals surface area contributed by atoms with E-state index in [4.69, 9.17) is 4.42 Å². The molecule has 0 fully saturated rings. The van der Waals surface area contributed by atoms with Crippen LogP contribution in [-0.2, 0) is 9.53 Å². The molecule has 0 aliphatic carbocycles. The number of amides is 1. The SMILES string of the molecule is CCN(CCC(=O)OC)C(=O)c1ocnc1C. The third-order valence-corrected chi connectivity index (χ3v) is 2.42. The van der Waals surface area contributed by atoms with Crippen molar-refractivity contribution in [1.82, 2.24) is 9.88 Å². The number of hydrogen-bond acceptors (Lipinski definition) is 5. The first-order valence-electron chi connectivity index (χ1n) is 5.36. The van der Waals surface area contributed by atoms with Crippen molar-refractivity contribution in [3.63, 3.8) is 0 Å². The summed E-state index contributed by atoms with van der Waals surface area (Å²) in [6.45, 7) is 4.34. The van der Waals surface area contributed by atoms with E-state index in [9.17, 15) is 9.59 Å². The molecule has 94 valence electrons. The van der Waals surface area contributed by atoms with Crippen molar-refractivity contribution in [2.45, 2.75) is 20.3 Å². The number of esters is 1. The third-order valence-electron chi connectivity index (χ3n) is 2.42. The van der Waals surface area contributed by atoms with Crippen LogP contribution < -0.4 is 0 Å². The van der Waals surface area contributed by atoms with Gasteiger partial charge in [0, 0.05) is 13.1 Å². The van der Waals surface area contributed by atoms with Gasteiger partial charge >= 0.3 is 5.97 Å². The molecule has 0 saturated carbocycles. The summed E-state index contributed by atoms with van der Waals surface area (Å²) in [7, 11) is 1.32. The Morgan fingerprint density at radius 2 is 2.24 bits per heavy atom. The van der Waals surface area contributed by atoms with Crippen molar-refractivity contribution >= 4 is 11.9 Å². The van der Waals surface area contributed by atoms with E-state index >= 15 is 0 Å². The number of carbonyl (C=O) groups is 2. The van der Waals surface area contributed by atoms with Crippen molar-refractivity contribution < 1.29 is 18.7 Å². The largest absolute Gasteiger partial charge is 0.469 e. The fraction of sp³-hybridized carbons (Fsp3) is 0.545. The molecule has 6 heteroatoms. The number of oxazole rings is 1. The zero-order valence-corrected chi connectivity index (χ0v) is 10.2. The average Bonchev–Trinajstić information content (AvgIpc) is 2.75. The first-order chi connectivity index (χ1) is 8.10. The highest BCUT2D eigenvalue weighted by molar-refractivity contribution is 5.92. The van der Waals surface area contributed by atoms with Gasteiger partial charge < -0.3 is 14.1 Å². The number of methoxy groups -OCH3 is 1. The van der Waals surface area contributed by atoms with E-state index < -0.39 is 0 Å². The number of nitrogens with zero attached hydrogens (tertiary/aromatic N) is 2. The van der Waals surface area contributed by atoms with E-state index in [1.54, 1.807) is 6.92 Å². The minimum Gasteiger partial charge on any atom is -0.469 e. The highest BCUT2D eigenvalue weighted by Gasteiger charge is 2.20. The van der Waals surface area contributed by atoms with Crippen molar-refractivity contribution in [1.29, 1.82) is 0 Å². The molecule has 0 N–H and O–H groups in total. The first-order valence-corrected chi connectivity index (χ1v) is 5.36. The number of carbonyl (C=O) groups excluding carboxylic acids is 2. The lowest BCUT2D eigenvalue weighted by Gasteiger charge is -2.18. The summed E-state index contributed by atoms with van der Waals surface area (Å²) in [6, 6.07) is 0. The van der Waals surface area contributed by atoms with Gasteiger partial charge in [-0.1, -0.05) is 0 Å². The minimum absolute atomic E-state index is 0.170. The second-order valence-corrected chi connectivity index (χ2v) is 3.48. The zero-order valence-electron chi connectivity index (χ0n) is 10.2. The maximum atomic E-state index is 12.0. The third kappa shape index (κ3) is 3.30. The van der Waals surface area contributed by atoms with E-state index in [1.165, 1.54) is 18.4 Å². The highest BCUT2D eigenvalue weighted by Crippen LogP contribution is 2.09. The van der Waals surface area contributed by atoms with Crippen molar-refractivity contribution in [2.75, 3.05) is 20.2 Å². The normalized spacial score (nSPS) is 10.1. The molecule has 6 nitrogen and oxygen atoms in total. The summed E-state index contributed by atoms with van der Waals surface area (Å²) in [4.78, 5) is 28.4. The maximum absolute atomic E-state index is 12.0. The maximum Gasteiger partial charge on any atom is 0.307 e. The van der Waals surface area contributed by atoms with Crippen molar-refractivity contribution in [2.24, 2.45) is 0 Å². The lowest BCUT2D eigenvalue weighted by molar-refractivity contribution is -0.140. The summed E-state index contributed by atoms with van der Waals surface area (Å²) < 4.78 is 9.55. The summed E-state index contributed by atoms with van der Waals surface area (Å²) in [5, 5.41) is 0. The molecule has 0 bridgehead atoms. The molecule has 1 aromatic heterocycles. The molecule has 0 radical (unpaired) electrons. The van der Waals surface area contributed by atoms with Gasteiger partial charge in [0.1, 0.15) is 0 Å². The Kier molecular flexibility index (Phi) is 4.68.